The van der Waals surface area contributed by atoms with Crippen molar-refractivity contribution in [2.24, 2.45) is 0 Å². The Hall–Kier alpha value is -1.47. The summed E-state index contributed by atoms with van der Waals surface area (Å²) >= 11 is 1.94. The molecular formula is C18H18S. The lowest BCUT2D eigenvalue weighted by atomic mass is 10.0. The molecule has 0 saturated heterocycles. The Morgan fingerprint density at radius 3 is 2.42 bits per heavy atom. The summed E-state index contributed by atoms with van der Waals surface area (Å²) in [6.07, 6.45) is 4.55. The lowest BCUT2D eigenvalue weighted by Gasteiger charge is -2.19. The molecule has 1 aliphatic rings. The van der Waals surface area contributed by atoms with Gasteiger partial charge in [-0.3, -0.25) is 0 Å². The van der Waals surface area contributed by atoms with Gasteiger partial charge in [-0.2, -0.15) is 0 Å². The van der Waals surface area contributed by atoms with E-state index in [1.807, 2.05) is 11.8 Å². The van der Waals surface area contributed by atoms with Crippen LogP contribution in [0, 0.1) is 0 Å². The van der Waals surface area contributed by atoms with Crippen molar-refractivity contribution in [3.63, 3.8) is 0 Å². The van der Waals surface area contributed by atoms with E-state index in [0.29, 0.717) is 11.2 Å². The summed E-state index contributed by atoms with van der Waals surface area (Å²) < 4.78 is 0. The third kappa shape index (κ3) is 2.62. The van der Waals surface area contributed by atoms with Crippen molar-refractivity contribution in [1.29, 1.82) is 0 Å². The normalized spacial score (nSPS) is 17.5. The van der Waals surface area contributed by atoms with E-state index < -0.39 is 0 Å². The molecule has 1 heterocycles. The first-order valence-corrected chi connectivity index (χ1v) is 7.66. The van der Waals surface area contributed by atoms with Crippen molar-refractivity contribution in [3.05, 3.63) is 71.3 Å². The molecule has 1 atom stereocenters. The molecule has 3 rings (SSSR count). The Balaban J connectivity index is 1.85. The molecule has 19 heavy (non-hydrogen) atoms. The van der Waals surface area contributed by atoms with Crippen molar-refractivity contribution in [2.45, 2.75) is 29.9 Å². The van der Waals surface area contributed by atoms with Crippen LogP contribution in [0.5, 0.6) is 0 Å². The Morgan fingerprint density at radius 2 is 1.68 bits per heavy atom. The molecule has 0 aliphatic carbocycles. The maximum absolute atomic E-state index is 2.30. The highest BCUT2D eigenvalue weighted by atomic mass is 32.2. The second-order valence-corrected chi connectivity index (χ2v) is 6.44. The zero-order chi connectivity index (χ0) is 13.2. The monoisotopic (exact) mass is 266 g/mol. The minimum atomic E-state index is 0.441. The first-order valence-electron chi connectivity index (χ1n) is 6.78. The maximum Gasteiger partial charge on any atom is 0.0528 e. The van der Waals surface area contributed by atoms with Crippen LogP contribution < -0.4 is 0 Å². The highest BCUT2D eigenvalue weighted by Gasteiger charge is 2.15. The first kappa shape index (κ1) is 12.6. The van der Waals surface area contributed by atoms with Gasteiger partial charge in [0.05, 0.1) is 5.25 Å². The predicted molar refractivity (Wildman–Crippen MR) is 84.6 cm³/mol. The highest BCUT2D eigenvalue weighted by Crippen LogP contribution is 2.42. The largest absolute Gasteiger partial charge is 0.113 e. The van der Waals surface area contributed by atoms with E-state index in [9.17, 15) is 0 Å². The molecular weight excluding hydrogens is 248 g/mol. The van der Waals surface area contributed by atoms with Gasteiger partial charge < -0.3 is 0 Å². The van der Waals surface area contributed by atoms with Crippen LogP contribution in [0.1, 0.15) is 41.7 Å². The van der Waals surface area contributed by atoms with Crippen molar-refractivity contribution in [3.8, 4) is 0 Å². The van der Waals surface area contributed by atoms with E-state index in [1.54, 1.807) is 0 Å². The van der Waals surface area contributed by atoms with Gasteiger partial charge in [-0.15, -0.1) is 11.8 Å². The van der Waals surface area contributed by atoms with Crippen LogP contribution in [0.2, 0.25) is 0 Å². The summed E-state index contributed by atoms with van der Waals surface area (Å²) in [5.41, 5.74) is 4.14. The topological polar surface area (TPSA) is 0 Å². The first-order chi connectivity index (χ1) is 9.24. The van der Waals surface area contributed by atoms with Gasteiger partial charge in [0.25, 0.3) is 0 Å². The Bertz CT molecular complexity index is 593. The Kier molecular flexibility index (Phi) is 3.48. The average molecular weight is 266 g/mol. The Morgan fingerprint density at radius 1 is 0.947 bits per heavy atom. The van der Waals surface area contributed by atoms with E-state index in [-0.39, 0.29) is 0 Å². The average Bonchev–Trinajstić information content (AvgIpc) is 2.47. The molecule has 0 amide bonds. The lowest BCUT2D eigenvalue weighted by Crippen LogP contribution is -1.96. The van der Waals surface area contributed by atoms with Gasteiger partial charge in [-0.1, -0.05) is 68.5 Å². The smallest absolute Gasteiger partial charge is 0.0528 e. The molecule has 0 radical (unpaired) electrons. The van der Waals surface area contributed by atoms with Crippen molar-refractivity contribution >= 4 is 17.8 Å². The van der Waals surface area contributed by atoms with Gasteiger partial charge in [0.2, 0.25) is 0 Å². The van der Waals surface area contributed by atoms with E-state index in [0.717, 1.165) is 0 Å². The molecule has 1 heteroatoms. The molecule has 96 valence electrons. The van der Waals surface area contributed by atoms with Crippen molar-refractivity contribution in [1.82, 2.24) is 0 Å². The van der Waals surface area contributed by atoms with Gasteiger partial charge in [0, 0.05) is 4.90 Å². The van der Waals surface area contributed by atoms with E-state index in [2.05, 4.69) is 74.5 Å². The number of fused-ring (bicyclic) bond motifs is 1. The van der Waals surface area contributed by atoms with E-state index >= 15 is 0 Å². The van der Waals surface area contributed by atoms with E-state index in [1.165, 1.54) is 21.6 Å². The van der Waals surface area contributed by atoms with E-state index in [4.69, 9.17) is 0 Å². The molecule has 0 bridgehead atoms. The summed E-state index contributed by atoms with van der Waals surface area (Å²) in [7, 11) is 0. The van der Waals surface area contributed by atoms with Crippen LogP contribution >= 0.6 is 11.8 Å². The van der Waals surface area contributed by atoms with Gasteiger partial charge in [0.1, 0.15) is 0 Å². The summed E-state index contributed by atoms with van der Waals surface area (Å²) in [6.45, 7) is 4.47. The van der Waals surface area contributed by atoms with Crippen LogP contribution in [0.15, 0.2) is 59.5 Å². The highest BCUT2D eigenvalue weighted by molar-refractivity contribution is 7.99. The molecule has 2 aromatic rings. The summed E-state index contributed by atoms with van der Waals surface area (Å²) in [5.74, 6) is 0.601. The van der Waals surface area contributed by atoms with Gasteiger partial charge >= 0.3 is 0 Å². The van der Waals surface area contributed by atoms with Gasteiger partial charge in [0.15, 0.2) is 0 Å². The number of rotatable bonds is 2. The molecule has 0 nitrogen and oxygen atoms in total. The van der Waals surface area contributed by atoms with Gasteiger partial charge in [-0.25, -0.2) is 0 Å². The van der Waals surface area contributed by atoms with Crippen LogP contribution in [0.3, 0.4) is 0 Å². The third-order valence-electron chi connectivity index (χ3n) is 3.56. The number of thioether (sulfide) groups is 1. The molecule has 0 spiro atoms. The fourth-order valence-electron chi connectivity index (χ4n) is 2.34. The molecule has 0 N–H and O–H groups in total. The number of benzene rings is 2. The van der Waals surface area contributed by atoms with Gasteiger partial charge in [-0.05, 0) is 28.7 Å². The quantitative estimate of drug-likeness (QED) is 0.675. The fourth-order valence-corrected chi connectivity index (χ4v) is 3.50. The van der Waals surface area contributed by atoms with Crippen molar-refractivity contribution in [2.75, 3.05) is 0 Å². The minimum Gasteiger partial charge on any atom is -0.113 e. The zero-order valence-corrected chi connectivity index (χ0v) is 12.2. The SMILES string of the molecule is CC(C)c1ccc([C@H]2C=Cc3ccccc3S2)cc1. The standard InChI is InChI=1S/C18H18S/c1-13(2)14-7-9-16(10-8-14)18-12-11-15-5-3-4-6-17(15)19-18/h3-13,18H,1-2H3/t18-/m1/s1. The lowest BCUT2D eigenvalue weighted by molar-refractivity contribution is 0.865. The zero-order valence-electron chi connectivity index (χ0n) is 11.3. The van der Waals surface area contributed by atoms with Crippen molar-refractivity contribution < 1.29 is 0 Å². The summed E-state index contributed by atoms with van der Waals surface area (Å²) in [4.78, 5) is 1.38. The third-order valence-corrected chi connectivity index (χ3v) is 4.86. The molecule has 0 fully saturated rings. The second kappa shape index (κ2) is 5.26. The molecule has 1 aliphatic heterocycles. The molecule has 0 saturated carbocycles. The van der Waals surface area contributed by atoms with Crippen LogP contribution in [0.4, 0.5) is 0 Å². The maximum atomic E-state index is 2.30. The summed E-state index contributed by atoms with van der Waals surface area (Å²) in [5, 5.41) is 0.441. The fraction of sp³-hybridized carbons (Fsp3) is 0.222. The number of hydrogen-bond acceptors (Lipinski definition) is 1. The second-order valence-electron chi connectivity index (χ2n) is 5.26. The molecule has 0 aromatic heterocycles. The minimum absolute atomic E-state index is 0.441. The van der Waals surface area contributed by atoms with Crippen LogP contribution in [-0.2, 0) is 0 Å². The predicted octanol–water partition coefficient (Wildman–Crippen LogP) is 5.67. The number of hydrogen-bond donors (Lipinski definition) is 0. The molecule has 0 unspecified atom stereocenters. The molecule has 2 aromatic carbocycles. The van der Waals surface area contributed by atoms with Crippen LogP contribution in [-0.4, -0.2) is 0 Å². The summed E-state index contributed by atoms with van der Waals surface area (Å²) in [6, 6.07) is 17.7. The van der Waals surface area contributed by atoms with Crippen LogP contribution in [0.25, 0.3) is 6.08 Å². The Labute approximate surface area is 119 Å².